The summed E-state index contributed by atoms with van der Waals surface area (Å²) < 4.78 is 5.27. The molecule has 0 aromatic heterocycles. The topological polar surface area (TPSA) is 41.6 Å². The van der Waals surface area contributed by atoms with Crippen LogP contribution in [0.5, 0.6) is 5.75 Å². The molecule has 0 saturated carbocycles. The highest BCUT2D eigenvalue weighted by Gasteiger charge is 2.16. The first-order valence-corrected chi connectivity index (χ1v) is 5.59. The molecular weight excluding hydrogens is 204 g/mol. The molecule has 1 aliphatic rings. The molecule has 1 N–H and O–H groups in total. The minimum absolute atomic E-state index is 0.255. The van der Waals surface area contributed by atoms with Gasteiger partial charge >= 0.3 is 6.09 Å². The molecule has 0 spiro atoms. The van der Waals surface area contributed by atoms with E-state index in [2.05, 4.69) is 5.32 Å². The van der Waals surface area contributed by atoms with Gasteiger partial charge in [-0.2, -0.15) is 0 Å². The minimum atomic E-state index is -0.255. The average molecular weight is 220 g/mol. The van der Waals surface area contributed by atoms with Gasteiger partial charge < -0.3 is 15.0 Å². The molecule has 0 aliphatic carbocycles. The first-order chi connectivity index (χ1) is 7.86. The molecule has 1 heterocycles. The number of para-hydroxylation sites is 1. The Morgan fingerprint density at radius 3 is 2.81 bits per heavy atom. The molecule has 1 fully saturated rings. The van der Waals surface area contributed by atoms with Gasteiger partial charge in [-0.1, -0.05) is 18.2 Å². The van der Waals surface area contributed by atoms with Gasteiger partial charge in [0, 0.05) is 19.6 Å². The number of rotatable bonds is 1. The second-order valence-corrected chi connectivity index (χ2v) is 3.77. The zero-order valence-electron chi connectivity index (χ0n) is 9.19. The van der Waals surface area contributed by atoms with Crippen molar-refractivity contribution in [2.45, 2.75) is 6.42 Å². The number of nitrogens with one attached hydrogen (secondary N) is 1. The van der Waals surface area contributed by atoms with Crippen LogP contribution in [0.2, 0.25) is 0 Å². The summed E-state index contributed by atoms with van der Waals surface area (Å²) in [4.78, 5) is 13.5. The normalized spacial score (nSPS) is 16.6. The predicted octanol–water partition coefficient (Wildman–Crippen LogP) is 1.48. The largest absolute Gasteiger partial charge is 0.415 e. The van der Waals surface area contributed by atoms with E-state index in [9.17, 15) is 4.79 Å². The first-order valence-electron chi connectivity index (χ1n) is 5.59. The lowest BCUT2D eigenvalue weighted by Crippen LogP contribution is -2.36. The van der Waals surface area contributed by atoms with Gasteiger partial charge in [0.25, 0.3) is 0 Å². The van der Waals surface area contributed by atoms with E-state index in [1.807, 2.05) is 18.2 Å². The van der Waals surface area contributed by atoms with Gasteiger partial charge in [0.05, 0.1) is 0 Å². The molecule has 0 atom stereocenters. The van der Waals surface area contributed by atoms with Crippen LogP contribution in [-0.4, -0.2) is 37.2 Å². The molecule has 86 valence electrons. The number of carbonyl (C=O) groups excluding carboxylic acids is 1. The smallest absolute Gasteiger partial charge is 0.410 e. The van der Waals surface area contributed by atoms with Crippen LogP contribution in [0, 0.1) is 0 Å². The SMILES string of the molecule is O=C(Oc1ccccc1)N1CCCNCC1. The van der Waals surface area contributed by atoms with E-state index >= 15 is 0 Å². The van der Waals surface area contributed by atoms with Crippen LogP contribution in [0.3, 0.4) is 0 Å². The Balaban J connectivity index is 1.92. The van der Waals surface area contributed by atoms with Crippen LogP contribution >= 0.6 is 0 Å². The number of ether oxygens (including phenoxy) is 1. The van der Waals surface area contributed by atoms with Crippen molar-refractivity contribution in [3.63, 3.8) is 0 Å². The Bertz CT molecular complexity index is 332. The molecule has 1 saturated heterocycles. The molecule has 1 aromatic rings. The van der Waals surface area contributed by atoms with Crippen molar-refractivity contribution in [3.05, 3.63) is 30.3 Å². The van der Waals surface area contributed by atoms with Gasteiger partial charge in [0.1, 0.15) is 5.75 Å². The summed E-state index contributed by atoms with van der Waals surface area (Å²) >= 11 is 0. The molecule has 1 amide bonds. The second kappa shape index (κ2) is 5.51. The van der Waals surface area contributed by atoms with Crippen LogP contribution in [-0.2, 0) is 0 Å². The quantitative estimate of drug-likeness (QED) is 0.779. The zero-order chi connectivity index (χ0) is 11.2. The van der Waals surface area contributed by atoms with Gasteiger partial charge in [0.2, 0.25) is 0 Å². The third-order valence-corrected chi connectivity index (χ3v) is 2.55. The minimum Gasteiger partial charge on any atom is -0.410 e. The van der Waals surface area contributed by atoms with Crippen molar-refractivity contribution in [1.82, 2.24) is 10.2 Å². The highest BCUT2D eigenvalue weighted by molar-refractivity contribution is 5.70. The summed E-state index contributed by atoms with van der Waals surface area (Å²) in [5.74, 6) is 0.602. The lowest BCUT2D eigenvalue weighted by molar-refractivity contribution is 0.155. The number of benzene rings is 1. The molecule has 16 heavy (non-hydrogen) atoms. The Morgan fingerprint density at radius 1 is 1.19 bits per heavy atom. The number of hydrogen-bond acceptors (Lipinski definition) is 3. The number of carbonyl (C=O) groups is 1. The molecular formula is C12H16N2O2. The van der Waals surface area contributed by atoms with E-state index in [1.165, 1.54) is 0 Å². The maximum Gasteiger partial charge on any atom is 0.415 e. The van der Waals surface area contributed by atoms with Gasteiger partial charge in [-0.25, -0.2) is 4.79 Å². The van der Waals surface area contributed by atoms with Gasteiger partial charge in [-0.3, -0.25) is 0 Å². The third kappa shape index (κ3) is 2.97. The number of amides is 1. The van der Waals surface area contributed by atoms with Crippen molar-refractivity contribution in [1.29, 1.82) is 0 Å². The van der Waals surface area contributed by atoms with E-state index in [1.54, 1.807) is 17.0 Å². The molecule has 2 rings (SSSR count). The Labute approximate surface area is 95.2 Å². The lowest BCUT2D eigenvalue weighted by Gasteiger charge is -2.18. The van der Waals surface area contributed by atoms with E-state index in [-0.39, 0.29) is 6.09 Å². The van der Waals surface area contributed by atoms with E-state index in [0.29, 0.717) is 12.3 Å². The summed E-state index contributed by atoms with van der Waals surface area (Å²) in [5, 5.41) is 3.25. The van der Waals surface area contributed by atoms with Crippen LogP contribution in [0.15, 0.2) is 30.3 Å². The highest BCUT2D eigenvalue weighted by Crippen LogP contribution is 2.10. The molecule has 1 aromatic carbocycles. The van der Waals surface area contributed by atoms with E-state index in [4.69, 9.17) is 4.74 Å². The summed E-state index contributed by atoms with van der Waals surface area (Å²) in [6, 6.07) is 9.17. The van der Waals surface area contributed by atoms with E-state index < -0.39 is 0 Å². The molecule has 0 unspecified atom stereocenters. The monoisotopic (exact) mass is 220 g/mol. The maximum atomic E-state index is 11.8. The van der Waals surface area contributed by atoms with Crippen LogP contribution in [0.4, 0.5) is 4.79 Å². The van der Waals surface area contributed by atoms with Crippen LogP contribution in [0.1, 0.15) is 6.42 Å². The standard InChI is InChI=1S/C12H16N2O2/c15-12(14-9-4-7-13-8-10-14)16-11-5-2-1-3-6-11/h1-3,5-6,13H,4,7-10H2. The molecule has 4 heteroatoms. The Kier molecular flexibility index (Phi) is 3.77. The zero-order valence-corrected chi connectivity index (χ0v) is 9.19. The summed E-state index contributed by atoms with van der Waals surface area (Å²) in [5.41, 5.74) is 0. The van der Waals surface area contributed by atoms with Crippen molar-refractivity contribution in [2.24, 2.45) is 0 Å². The predicted molar refractivity (Wildman–Crippen MR) is 61.5 cm³/mol. The van der Waals surface area contributed by atoms with Gasteiger partial charge in [-0.05, 0) is 25.1 Å². The van der Waals surface area contributed by atoms with Crippen LogP contribution < -0.4 is 10.1 Å². The molecule has 0 bridgehead atoms. The molecule has 1 aliphatic heterocycles. The molecule has 0 radical (unpaired) electrons. The Hall–Kier alpha value is -1.55. The number of nitrogens with zero attached hydrogens (tertiary/aromatic N) is 1. The maximum absolute atomic E-state index is 11.8. The van der Waals surface area contributed by atoms with E-state index in [0.717, 1.165) is 26.1 Å². The van der Waals surface area contributed by atoms with Crippen molar-refractivity contribution < 1.29 is 9.53 Å². The van der Waals surface area contributed by atoms with Gasteiger partial charge in [0.15, 0.2) is 0 Å². The van der Waals surface area contributed by atoms with Crippen molar-refractivity contribution in [2.75, 3.05) is 26.2 Å². The fourth-order valence-corrected chi connectivity index (χ4v) is 1.68. The fourth-order valence-electron chi connectivity index (χ4n) is 1.68. The van der Waals surface area contributed by atoms with Gasteiger partial charge in [-0.15, -0.1) is 0 Å². The lowest BCUT2D eigenvalue weighted by atomic mass is 10.3. The fraction of sp³-hybridized carbons (Fsp3) is 0.417. The highest BCUT2D eigenvalue weighted by atomic mass is 16.6. The summed E-state index contributed by atoms with van der Waals surface area (Å²) in [6.07, 6.45) is 0.721. The van der Waals surface area contributed by atoms with Crippen molar-refractivity contribution in [3.8, 4) is 5.75 Å². The summed E-state index contributed by atoms with van der Waals surface area (Å²) in [7, 11) is 0. The second-order valence-electron chi connectivity index (χ2n) is 3.77. The average Bonchev–Trinajstić information content (AvgIpc) is 2.59. The third-order valence-electron chi connectivity index (χ3n) is 2.55. The summed E-state index contributed by atoms with van der Waals surface area (Å²) in [6.45, 7) is 3.28. The Morgan fingerprint density at radius 2 is 2.00 bits per heavy atom. The van der Waals surface area contributed by atoms with Crippen molar-refractivity contribution >= 4 is 6.09 Å². The number of hydrogen-bond donors (Lipinski definition) is 1. The molecule has 4 nitrogen and oxygen atoms in total. The first kappa shape index (κ1) is 11.0. The van der Waals surface area contributed by atoms with Crippen LogP contribution in [0.25, 0.3) is 0 Å².